The zero-order chi connectivity index (χ0) is 13.8. The standard InChI is InChI=1S/C13H26N2O3/c1-13(2,3)18-12(17)14(4)10-11-6-5-7-15(11)8-9-16/h11,16H,5-10H2,1-4H3/t11-/m1/s1. The van der Waals surface area contributed by atoms with Crippen LogP contribution >= 0.6 is 0 Å². The summed E-state index contributed by atoms with van der Waals surface area (Å²) < 4.78 is 5.32. The van der Waals surface area contributed by atoms with Gasteiger partial charge in [-0.25, -0.2) is 4.79 Å². The van der Waals surface area contributed by atoms with Crippen molar-refractivity contribution < 1.29 is 14.6 Å². The maximum absolute atomic E-state index is 11.8. The average Bonchev–Trinajstić information content (AvgIpc) is 2.64. The molecule has 0 bridgehead atoms. The van der Waals surface area contributed by atoms with Gasteiger partial charge >= 0.3 is 6.09 Å². The Balaban J connectivity index is 2.43. The molecule has 0 spiro atoms. The van der Waals surface area contributed by atoms with Crippen molar-refractivity contribution in [3.8, 4) is 0 Å². The molecule has 1 saturated heterocycles. The largest absolute Gasteiger partial charge is 0.444 e. The smallest absolute Gasteiger partial charge is 0.410 e. The van der Waals surface area contributed by atoms with Gasteiger partial charge in [-0.1, -0.05) is 0 Å². The van der Waals surface area contributed by atoms with Gasteiger partial charge in [-0.3, -0.25) is 4.90 Å². The Morgan fingerprint density at radius 2 is 2.17 bits per heavy atom. The highest BCUT2D eigenvalue weighted by atomic mass is 16.6. The molecule has 5 heteroatoms. The van der Waals surface area contributed by atoms with E-state index in [1.807, 2.05) is 20.8 Å². The lowest BCUT2D eigenvalue weighted by Crippen LogP contribution is -2.43. The molecule has 18 heavy (non-hydrogen) atoms. The Labute approximate surface area is 110 Å². The van der Waals surface area contributed by atoms with Crippen molar-refractivity contribution in [1.29, 1.82) is 0 Å². The number of amides is 1. The second-order valence-corrected chi connectivity index (χ2v) is 5.92. The van der Waals surface area contributed by atoms with E-state index in [1.165, 1.54) is 0 Å². The molecule has 0 aromatic rings. The third-order valence-electron chi connectivity index (χ3n) is 3.08. The fraction of sp³-hybridized carbons (Fsp3) is 0.923. The number of likely N-dealkylation sites (tertiary alicyclic amines) is 1. The minimum Gasteiger partial charge on any atom is -0.444 e. The lowest BCUT2D eigenvalue weighted by molar-refractivity contribution is 0.0255. The van der Waals surface area contributed by atoms with Crippen LogP contribution < -0.4 is 0 Å². The Morgan fingerprint density at radius 1 is 1.50 bits per heavy atom. The molecule has 1 rings (SSSR count). The number of ether oxygens (including phenoxy) is 1. The highest BCUT2D eigenvalue weighted by Gasteiger charge is 2.28. The zero-order valence-electron chi connectivity index (χ0n) is 12.0. The van der Waals surface area contributed by atoms with E-state index in [0.717, 1.165) is 19.4 Å². The molecule has 0 unspecified atom stereocenters. The summed E-state index contributed by atoms with van der Waals surface area (Å²) in [6.07, 6.45) is 1.93. The van der Waals surface area contributed by atoms with Gasteiger partial charge in [-0.2, -0.15) is 0 Å². The molecule has 1 N–H and O–H groups in total. The predicted molar refractivity (Wildman–Crippen MR) is 70.5 cm³/mol. The summed E-state index contributed by atoms with van der Waals surface area (Å²) >= 11 is 0. The van der Waals surface area contributed by atoms with E-state index < -0.39 is 5.60 Å². The molecule has 1 heterocycles. The summed E-state index contributed by atoms with van der Waals surface area (Å²) in [5.74, 6) is 0. The van der Waals surface area contributed by atoms with Crippen LogP contribution in [-0.4, -0.2) is 65.9 Å². The van der Waals surface area contributed by atoms with Gasteiger partial charge in [0.05, 0.1) is 6.61 Å². The van der Waals surface area contributed by atoms with Crippen molar-refractivity contribution in [2.24, 2.45) is 0 Å². The SMILES string of the molecule is CN(C[C@H]1CCCN1CCO)C(=O)OC(C)(C)C. The maximum Gasteiger partial charge on any atom is 0.410 e. The van der Waals surface area contributed by atoms with Gasteiger partial charge in [-0.15, -0.1) is 0 Å². The number of aliphatic hydroxyl groups excluding tert-OH is 1. The van der Waals surface area contributed by atoms with Crippen molar-refractivity contribution >= 4 is 6.09 Å². The molecule has 0 aromatic heterocycles. The lowest BCUT2D eigenvalue weighted by Gasteiger charge is -2.30. The van der Waals surface area contributed by atoms with Gasteiger partial charge in [0.25, 0.3) is 0 Å². The first-order valence-corrected chi connectivity index (χ1v) is 6.62. The third-order valence-corrected chi connectivity index (χ3v) is 3.08. The number of likely N-dealkylation sites (N-methyl/N-ethyl adjacent to an activating group) is 1. The van der Waals surface area contributed by atoms with Gasteiger partial charge in [0, 0.05) is 26.2 Å². The fourth-order valence-electron chi connectivity index (χ4n) is 2.26. The normalized spacial score (nSPS) is 21.1. The molecule has 1 aliphatic rings. The first-order valence-electron chi connectivity index (χ1n) is 6.62. The summed E-state index contributed by atoms with van der Waals surface area (Å²) in [7, 11) is 1.77. The molecule has 0 aliphatic carbocycles. The van der Waals surface area contributed by atoms with Crippen molar-refractivity contribution in [2.75, 3.05) is 33.3 Å². The van der Waals surface area contributed by atoms with Crippen molar-refractivity contribution in [3.63, 3.8) is 0 Å². The fourth-order valence-corrected chi connectivity index (χ4v) is 2.26. The first-order chi connectivity index (χ1) is 8.33. The van der Waals surface area contributed by atoms with E-state index in [9.17, 15) is 4.79 Å². The highest BCUT2D eigenvalue weighted by molar-refractivity contribution is 5.67. The molecule has 106 valence electrons. The van der Waals surface area contributed by atoms with Crippen LogP contribution in [0.3, 0.4) is 0 Å². The van der Waals surface area contributed by atoms with Crippen LogP contribution in [0.5, 0.6) is 0 Å². The van der Waals surface area contributed by atoms with Crippen LogP contribution in [-0.2, 0) is 4.74 Å². The molecular formula is C13H26N2O3. The molecule has 1 amide bonds. The minimum absolute atomic E-state index is 0.173. The summed E-state index contributed by atoms with van der Waals surface area (Å²) in [5.41, 5.74) is -0.453. The summed E-state index contributed by atoms with van der Waals surface area (Å²) in [6.45, 7) is 8.13. The van der Waals surface area contributed by atoms with E-state index >= 15 is 0 Å². The van der Waals surface area contributed by atoms with Crippen LogP contribution in [0.4, 0.5) is 4.79 Å². The van der Waals surface area contributed by atoms with E-state index in [4.69, 9.17) is 9.84 Å². The minimum atomic E-state index is -0.453. The molecule has 1 aliphatic heterocycles. The van der Waals surface area contributed by atoms with E-state index in [0.29, 0.717) is 19.1 Å². The summed E-state index contributed by atoms with van der Waals surface area (Å²) in [4.78, 5) is 15.7. The summed E-state index contributed by atoms with van der Waals surface area (Å²) in [6, 6.07) is 0.342. The lowest BCUT2D eigenvalue weighted by atomic mass is 10.2. The number of hydrogen-bond acceptors (Lipinski definition) is 4. The molecule has 0 radical (unpaired) electrons. The topological polar surface area (TPSA) is 53.0 Å². The van der Waals surface area contributed by atoms with Gasteiger partial charge in [0.15, 0.2) is 0 Å². The van der Waals surface area contributed by atoms with Crippen molar-refractivity contribution in [1.82, 2.24) is 9.80 Å². The number of rotatable bonds is 4. The van der Waals surface area contributed by atoms with Gasteiger partial charge in [0.1, 0.15) is 5.60 Å². The number of β-amino-alcohol motifs (C(OH)–C–C–N with tert-alkyl or cyclic N) is 1. The number of aliphatic hydroxyl groups is 1. The summed E-state index contributed by atoms with van der Waals surface area (Å²) in [5, 5.41) is 8.99. The number of nitrogens with zero attached hydrogens (tertiary/aromatic N) is 2. The molecule has 1 fully saturated rings. The third kappa shape index (κ3) is 4.82. The molecule has 1 atom stereocenters. The Morgan fingerprint density at radius 3 is 2.72 bits per heavy atom. The average molecular weight is 258 g/mol. The van der Waals surface area contributed by atoms with E-state index in [1.54, 1.807) is 11.9 Å². The Bertz CT molecular complexity index is 276. The molecule has 5 nitrogen and oxygen atoms in total. The van der Waals surface area contributed by atoms with Crippen LogP contribution in [0.15, 0.2) is 0 Å². The molecule has 0 saturated carbocycles. The second kappa shape index (κ2) is 6.38. The van der Waals surface area contributed by atoms with Crippen molar-refractivity contribution in [3.05, 3.63) is 0 Å². The zero-order valence-corrected chi connectivity index (χ0v) is 12.0. The predicted octanol–water partition coefficient (Wildman–Crippen LogP) is 1.31. The number of hydrogen-bond donors (Lipinski definition) is 1. The monoisotopic (exact) mass is 258 g/mol. The first kappa shape index (κ1) is 15.2. The number of carbonyl (C=O) groups is 1. The van der Waals surface area contributed by atoms with Crippen LogP contribution in [0.2, 0.25) is 0 Å². The molecule has 0 aromatic carbocycles. The maximum atomic E-state index is 11.8. The Hall–Kier alpha value is -0.810. The van der Waals surface area contributed by atoms with Crippen LogP contribution in [0.1, 0.15) is 33.6 Å². The second-order valence-electron chi connectivity index (χ2n) is 5.92. The van der Waals surface area contributed by atoms with Gasteiger partial charge < -0.3 is 14.7 Å². The molecular weight excluding hydrogens is 232 g/mol. The number of carbonyl (C=O) groups excluding carboxylic acids is 1. The van der Waals surface area contributed by atoms with Gasteiger partial charge in [-0.05, 0) is 40.2 Å². The highest BCUT2D eigenvalue weighted by Crippen LogP contribution is 2.18. The van der Waals surface area contributed by atoms with Crippen molar-refractivity contribution in [2.45, 2.75) is 45.3 Å². The van der Waals surface area contributed by atoms with Crippen LogP contribution in [0.25, 0.3) is 0 Å². The van der Waals surface area contributed by atoms with Crippen LogP contribution in [0, 0.1) is 0 Å². The Kier molecular flexibility index (Phi) is 5.41. The van der Waals surface area contributed by atoms with Gasteiger partial charge in [0.2, 0.25) is 0 Å². The quantitative estimate of drug-likeness (QED) is 0.826. The van der Waals surface area contributed by atoms with E-state index in [-0.39, 0.29) is 12.7 Å². The van der Waals surface area contributed by atoms with E-state index in [2.05, 4.69) is 4.90 Å².